The van der Waals surface area contributed by atoms with E-state index in [1.165, 1.54) is 11.0 Å². The summed E-state index contributed by atoms with van der Waals surface area (Å²) in [6.07, 6.45) is -0.172. The Balaban J connectivity index is 2.52. The smallest absolute Gasteiger partial charge is 0.309 e. The minimum Gasteiger partial charge on any atom is -0.481 e. The molecule has 1 fully saturated rings. The molecule has 1 aliphatic rings. The van der Waals surface area contributed by atoms with Gasteiger partial charge in [-0.05, 0) is 19.9 Å². The Labute approximate surface area is 115 Å². The second-order valence-corrected chi connectivity index (χ2v) is 5.15. The van der Waals surface area contributed by atoms with Gasteiger partial charge in [0.15, 0.2) is 0 Å². The van der Waals surface area contributed by atoms with Crippen LogP contribution in [0.25, 0.3) is 0 Å². The number of nitrogens with zero attached hydrogens (tertiary/aromatic N) is 1. The summed E-state index contributed by atoms with van der Waals surface area (Å²) in [6, 6.07) is 1.81. The van der Waals surface area contributed by atoms with Crippen LogP contribution in [0.3, 0.4) is 0 Å². The predicted octanol–water partition coefficient (Wildman–Crippen LogP) is 2.35. The third-order valence-corrected chi connectivity index (χ3v) is 3.52. The maximum absolute atomic E-state index is 13.9. The summed E-state index contributed by atoms with van der Waals surface area (Å²) in [7, 11) is 0. The number of carboxylic acids is 1. The number of amides is 1. The minimum absolute atomic E-state index is 0.0401. The minimum atomic E-state index is -1.16. The van der Waals surface area contributed by atoms with Gasteiger partial charge in [-0.1, -0.05) is 6.07 Å². The molecule has 1 amide bonds. The molecule has 0 spiro atoms. The van der Waals surface area contributed by atoms with Gasteiger partial charge >= 0.3 is 5.97 Å². The molecule has 0 bridgehead atoms. The van der Waals surface area contributed by atoms with Gasteiger partial charge < -0.3 is 10.0 Å². The molecule has 1 aromatic rings. The van der Waals surface area contributed by atoms with Crippen LogP contribution >= 0.6 is 0 Å². The van der Waals surface area contributed by atoms with Gasteiger partial charge in [-0.25, -0.2) is 8.78 Å². The van der Waals surface area contributed by atoms with Crippen molar-refractivity contribution in [3.8, 4) is 0 Å². The molecule has 20 heavy (non-hydrogen) atoms. The van der Waals surface area contributed by atoms with E-state index in [0.717, 1.165) is 6.07 Å². The van der Waals surface area contributed by atoms with E-state index >= 15 is 0 Å². The topological polar surface area (TPSA) is 57.6 Å². The van der Waals surface area contributed by atoms with Gasteiger partial charge in [0.25, 0.3) is 0 Å². The number of likely N-dealkylation sites (tertiary alicyclic amines) is 1. The third-order valence-electron chi connectivity index (χ3n) is 3.52. The van der Waals surface area contributed by atoms with Crippen LogP contribution in [0, 0.1) is 17.6 Å². The highest BCUT2D eigenvalue weighted by atomic mass is 19.1. The average molecular weight is 283 g/mol. The van der Waals surface area contributed by atoms with Crippen LogP contribution < -0.4 is 0 Å². The van der Waals surface area contributed by atoms with Crippen LogP contribution in [0.4, 0.5) is 8.78 Å². The fourth-order valence-electron chi connectivity index (χ4n) is 2.69. The van der Waals surface area contributed by atoms with Crippen molar-refractivity contribution in [1.29, 1.82) is 0 Å². The molecule has 4 nitrogen and oxygen atoms in total. The van der Waals surface area contributed by atoms with Crippen molar-refractivity contribution in [2.24, 2.45) is 5.92 Å². The second-order valence-electron chi connectivity index (χ2n) is 5.15. The van der Waals surface area contributed by atoms with E-state index in [4.69, 9.17) is 0 Å². The summed E-state index contributed by atoms with van der Waals surface area (Å²) < 4.78 is 26.9. The summed E-state index contributed by atoms with van der Waals surface area (Å²) in [5.74, 6) is -4.08. The van der Waals surface area contributed by atoms with Crippen LogP contribution in [-0.2, 0) is 9.59 Å². The van der Waals surface area contributed by atoms with Crippen molar-refractivity contribution in [3.05, 3.63) is 35.4 Å². The number of benzene rings is 1. The first-order chi connectivity index (χ1) is 9.32. The molecule has 6 heteroatoms. The van der Waals surface area contributed by atoms with Crippen LogP contribution in [0.1, 0.15) is 31.9 Å². The molecule has 2 atom stereocenters. The number of hydrogen-bond acceptors (Lipinski definition) is 2. The van der Waals surface area contributed by atoms with E-state index in [0.29, 0.717) is 6.07 Å². The zero-order valence-corrected chi connectivity index (χ0v) is 11.1. The number of rotatable bonds is 3. The standard InChI is InChI=1S/C14H15F2NO3/c1-7(2)17-12(18)6-10(14(19)20)13(17)9-4-3-8(15)5-11(9)16/h3-5,7,10,13H,6H2,1-2H3,(H,19,20). The molecule has 1 saturated heterocycles. The lowest BCUT2D eigenvalue weighted by molar-refractivity contribution is -0.142. The first-order valence-electron chi connectivity index (χ1n) is 6.32. The normalized spacial score (nSPS) is 22.6. The fraction of sp³-hybridized carbons (Fsp3) is 0.429. The Morgan fingerprint density at radius 1 is 1.40 bits per heavy atom. The number of hydrogen-bond donors (Lipinski definition) is 1. The Hall–Kier alpha value is -1.98. The Morgan fingerprint density at radius 2 is 2.05 bits per heavy atom. The van der Waals surface area contributed by atoms with Gasteiger partial charge in [0.2, 0.25) is 5.91 Å². The van der Waals surface area contributed by atoms with E-state index in [2.05, 4.69) is 0 Å². The van der Waals surface area contributed by atoms with Gasteiger partial charge in [-0.3, -0.25) is 9.59 Å². The molecule has 108 valence electrons. The molecule has 2 rings (SSSR count). The predicted molar refractivity (Wildman–Crippen MR) is 66.8 cm³/mol. The maximum Gasteiger partial charge on any atom is 0.309 e. The van der Waals surface area contributed by atoms with E-state index in [1.807, 2.05) is 0 Å². The maximum atomic E-state index is 13.9. The van der Waals surface area contributed by atoms with Crippen LogP contribution in [0.5, 0.6) is 0 Å². The van der Waals surface area contributed by atoms with E-state index < -0.39 is 29.6 Å². The third kappa shape index (κ3) is 2.37. The van der Waals surface area contributed by atoms with Crippen LogP contribution in [0.2, 0.25) is 0 Å². The van der Waals surface area contributed by atoms with Crippen molar-refractivity contribution in [3.63, 3.8) is 0 Å². The molecular weight excluding hydrogens is 268 g/mol. The molecule has 2 unspecified atom stereocenters. The molecule has 0 aromatic heterocycles. The molecule has 1 N–H and O–H groups in total. The SMILES string of the molecule is CC(C)N1C(=O)CC(C(=O)O)C1c1ccc(F)cc1F. The van der Waals surface area contributed by atoms with Crippen molar-refractivity contribution in [2.75, 3.05) is 0 Å². The van der Waals surface area contributed by atoms with Crippen LogP contribution in [-0.4, -0.2) is 27.9 Å². The van der Waals surface area contributed by atoms with Gasteiger partial charge in [0.05, 0.1) is 12.0 Å². The summed E-state index contributed by atoms with van der Waals surface area (Å²) in [5, 5.41) is 9.23. The Kier molecular flexibility index (Phi) is 3.74. The van der Waals surface area contributed by atoms with Crippen molar-refractivity contribution in [1.82, 2.24) is 4.90 Å². The van der Waals surface area contributed by atoms with Gasteiger partial charge in [-0.2, -0.15) is 0 Å². The quantitative estimate of drug-likeness (QED) is 0.926. The molecule has 0 aliphatic carbocycles. The van der Waals surface area contributed by atoms with Gasteiger partial charge in [0, 0.05) is 24.1 Å². The number of carbonyl (C=O) groups is 2. The summed E-state index contributed by atoms with van der Waals surface area (Å²) in [4.78, 5) is 24.6. The lowest BCUT2D eigenvalue weighted by atomic mass is 9.93. The van der Waals surface area contributed by atoms with E-state index in [9.17, 15) is 23.5 Å². The van der Waals surface area contributed by atoms with Crippen molar-refractivity contribution >= 4 is 11.9 Å². The Bertz CT molecular complexity index is 559. The molecule has 0 saturated carbocycles. The van der Waals surface area contributed by atoms with Crippen molar-refractivity contribution < 1.29 is 23.5 Å². The molecular formula is C14H15F2NO3. The van der Waals surface area contributed by atoms with Gasteiger partial charge in [0.1, 0.15) is 11.6 Å². The summed E-state index contributed by atoms with van der Waals surface area (Å²) in [6.45, 7) is 3.47. The Morgan fingerprint density at radius 3 is 2.55 bits per heavy atom. The number of aliphatic carboxylic acids is 1. The zero-order chi connectivity index (χ0) is 15.0. The highest BCUT2D eigenvalue weighted by Crippen LogP contribution is 2.40. The average Bonchev–Trinajstić information content (AvgIpc) is 2.67. The van der Waals surface area contributed by atoms with E-state index in [1.54, 1.807) is 13.8 Å². The monoisotopic (exact) mass is 283 g/mol. The first kappa shape index (κ1) is 14.4. The molecule has 0 radical (unpaired) electrons. The number of carbonyl (C=O) groups excluding carboxylic acids is 1. The number of halogens is 2. The summed E-state index contributed by atoms with van der Waals surface area (Å²) >= 11 is 0. The summed E-state index contributed by atoms with van der Waals surface area (Å²) in [5.41, 5.74) is 0.0401. The highest BCUT2D eigenvalue weighted by Gasteiger charge is 2.46. The lowest BCUT2D eigenvalue weighted by Crippen LogP contribution is -2.36. The first-order valence-corrected chi connectivity index (χ1v) is 6.32. The zero-order valence-electron chi connectivity index (χ0n) is 11.1. The van der Waals surface area contributed by atoms with E-state index in [-0.39, 0.29) is 23.9 Å². The molecule has 1 heterocycles. The van der Waals surface area contributed by atoms with Crippen LogP contribution in [0.15, 0.2) is 18.2 Å². The second kappa shape index (κ2) is 5.19. The largest absolute Gasteiger partial charge is 0.481 e. The molecule has 1 aliphatic heterocycles. The number of carboxylic acid groups (broad SMARTS) is 1. The molecule has 1 aromatic carbocycles. The fourth-order valence-corrected chi connectivity index (χ4v) is 2.69. The van der Waals surface area contributed by atoms with Crippen molar-refractivity contribution in [2.45, 2.75) is 32.4 Å². The lowest BCUT2D eigenvalue weighted by Gasteiger charge is -2.30. The highest BCUT2D eigenvalue weighted by molar-refractivity contribution is 5.87. The van der Waals surface area contributed by atoms with Gasteiger partial charge in [-0.15, -0.1) is 0 Å².